The highest BCUT2D eigenvalue weighted by Gasteiger charge is 2.14. The molecule has 1 aliphatic rings. The lowest BCUT2D eigenvalue weighted by Gasteiger charge is -2.14. The summed E-state index contributed by atoms with van der Waals surface area (Å²) in [7, 11) is 0. The van der Waals surface area contributed by atoms with E-state index in [2.05, 4.69) is 41.9 Å². The summed E-state index contributed by atoms with van der Waals surface area (Å²) in [6.45, 7) is 4.18. The van der Waals surface area contributed by atoms with Crippen LogP contribution in [-0.2, 0) is 0 Å². The van der Waals surface area contributed by atoms with Gasteiger partial charge in [0, 0.05) is 12.1 Å². The third-order valence-corrected chi connectivity index (χ3v) is 3.39. The molecule has 0 aromatic carbocycles. The predicted molar refractivity (Wildman–Crippen MR) is 82.2 cm³/mol. The van der Waals surface area contributed by atoms with E-state index >= 15 is 0 Å². The Morgan fingerprint density at radius 1 is 1.00 bits per heavy atom. The van der Waals surface area contributed by atoms with Crippen molar-refractivity contribution in [2.24, 2.45) is 0 Å². The van der Waals surface area contributed by atoms with Gasteiger partial charge in [-0.15, -0.1) is 0 Å². The van der Waals surface area contributed by atoms with Gasteiger partial charge in [0.2, 0.25) is 0 Å². The Morgan fingerprint density at radius 2 is 1.90 bits per heavy atom. The van der Waals surface area contributed by atoms with Crippen molar-refractivity contribution in [1.29, 1.82) is 0 Å². The molecular formula is C18H16N2. The second kappa shape index (κ2) is 5.66. The molecule has 2 nitrogen and oxygen atoms in total. The number of hydrogen-bond acceptors (Lipinski definition) is 2. The first kappa shape index (κ1) is 12.5. The zero-order chi connectivity index (χ0) is 13.8. The fourth-order valence-electron chi connectivity index (χ4n) is 2.33. The maximum atomic E-state index is 4.76. The quantitative estimate of drug-likeness (QED) is 0.752. The minimum atomic E-state index is 0.175. The van der Waals surface area contributed by atoms with Crippen LogP contribution in [0.15, 0.2) is 79.1 Å². The molecule has 3 rings (SSSR count). The average Bonchev–Trinajstić information content (AvgIpc) is 2.73. The Balaban J connectivity index is 1.97. The molecule has 0 amide bonds. The first-order valence-corrected chi connectivity index (χ1v) is 6.74. The molecule has 2 heterocycles. The van der Waals surface area contributed by atoms with Gasteiger partial charge in [0.1, 0.15) is 0 Å². The fourth-order valence-corrected chi connectivity index (χ4v) is 2.33. The maximum absolute atomic E-state index is 4.76. The van der Waals surface area contributed by atoms with Gasteiger partial charge >= 0.3 is 0 Å². The predicted octanol–water partition coefficient (Wildman–Crippen LogP) is 4.30. The summed E-state index contributed by atoms with van der Waals surface area (Å²) in [5, 5.41) is 0. The van der Waals surface area contributed by atoms with Gasteiger partial charge in [-0.05, 0) is 30.7 Å². The minimum absolute atomic E-state index is 0.175. The lowest BCUT2D eigenvalue weighted by atomic mass is 9.94. The minimum Gasteiger partial charge on any atom is -0.255 e. The third kappa shape index (κ3) is 2.59. The van der Waals surface area contributed by atoms with Gasteiger partial charge in [0.25, 0.3) is 0 Å². The van der Waals surface area contributed by atoms with E-state index in [4.69, 9.17) is 4.98 Å². The molecule has 2 aromatic heterocycles. The van der Waals surface area contributed by atoms with E-state index in [1.54, 1.807) is 6.20 Å². The van der Waals surface area contributed by atoms with E-state index in [1.807, 2.05) is 30.3 Å². The number of rotatable bonds is 2. The van der Waals surface area contributed by atoms with Crippen LogP contribution in [0.5, 0.6) is 0 Å². The van der Waals surface area contributed by atoms with Crippen LogP contribution in [0, 0.1) is 0 Å². The zero-order valence-corrected chi connectivity index (χ0v) is 11.2. The first-order chi connectivity index (χ1) is 9.84. The lowest BCUT2D eigenvalue weighted by molar-refractivity contribution is 0.909. The van der Waals surface area contributed by atoms with Crippen LogP contribution >= 0.6 is 0 Å². The van der Waals surface area contributed by atoms with E-state index < -0.39 is 0 Å². The summed E-state index contributed by atoms with van der Waals surface area (Å²) in [6.07, 6.45) is 11.1. The van der Waals surface area contributed by atoms with Crippen LogP contribution in [0.25, 0.3) is 11.4 Å². The molecule has 0 aliphatic heterocycles. The van der Waals surface area contributed by atoms with Crippen molar-refractivity contribution in [2.75, 3.05) is 0 Å². The van der Waals surface area contributed by atoms with Crippen LogP contribution in [0.3, 0.4) is 0 Å². The Bertz CT molecular complexity index is 669. The number of hydrogen-bond donors (Lipinski definition) is 0. The van der Waals surface area contributed by atoms with Gasteiger partial charge < -0.3 is 0 Å². The lowest BCUT2D eigenvalue weighted by Crippen LogP contribution is -2.02. The first-order valence-electron chi connectivity index (χ1n) is 6.74. The molecule has 20 heavy (non-hydrogen) atoms. The molecule has 98 valence electrons. The van der Waals surface area contributed by atoms with Crippen LogP contribution in [-0.4, -0.2) is 9.97 Å². The molecular weight excluding hydrogens is 244 g/mol. The van der Waals surface area contributed by atoms with Gasteiger partial charge in [0.05, 0.1) is 17.1 Å². The highest BCUT2D eigenvalue weighted by Crippen LogP contribution is 2.29. The molecule has 1 unspecified atom stereocenters. The SMILES string of the molecule is C=C1CC=CC=CC1c1cccc(-c2ccccn2)n1. The van der Waals surface area contributed by atoms with Gasteiger partial charge in [-0.2, -0.15) is 0 Å². The molecule has 0 saturated carbocycles. The van der Waals surface area contributed by atoms with Gasteiger partial charge in [-0.3, -0.25) is 9.97 Å². The number of allylic oxidation sites excluding steroid dienone is 5. The smallest absolute Gasteiger partial charge is 0.0889 e. The van der Waals surface area contributed by atoms with Crippen molar-refractivity contribution in [3.63, 3.8) is 0 Å². The highest BCUT2D eigenvalue weighted by atomic mass is 14.8. The molecule has 0 radical (unpaired) electrons. The van der Waals surface area contributed by atoms with E-state index in [1.165, 1.54) is 5.57 Å². The van der Waals surface area contributed by atoms with Crippen molar-refractivity contribution in [3.8, 4) is 11.4 Å². The second-order valence-corrected chi connectivity index (χ2v) is 4.82. The molecule has 1 aliphatic carbocycles. The monoisotopic (exact) mass is 260 g/mol. The van der Waals surface area contributed by atoms with E-state index in [0.717, 1.165) is 23.5 Å². The highest BCUT2D eigenvalue weighted by molar-refractivity contribution is 5.54. The summed E-state index contributed by atoms with van der Waals surface area (Å²) >= 11 is 0. The van der Waals surface area contributed by atoms with Crippen molar-refractivity contribution in [1.82, 2.24) is 9.97 Å². The summed E-state index contributed by atoms with van der Waals surface area (Å²) in [6, 6.07) is 11.9. The molecule has 1 atom stereocenters. The molecule has 0 saturated heterocycles. The molecule has 2 aromatic rings. The van der Waals surface area contributed by atoms with Crippen LogP contribution in [0.2, 0.25) is 0 Å². The largest absolute Gasteiger partial charge is 0.255 e. The van der Waals surface area contributed by atoms with Crippen LogP contribution in [0.1, 0.15) is 18.0 Å². The normalized spacial score (nSPS) is 18.0. The summed E-state index contributed by atoms with van der Waals surface area (Å²) in [4.78, 5) is 9.11. The fraction of sp³-hybridized carbons (Fsp3) is 0.111. The average molecular weight is 260 g/mol. The molecule has 2 heteroatoms. The molecule has 0 bridgehead atoms. The number of pyridine rings is 2. The molecule has 0 fully saturated rings. The topological polar surface area (TPSA) is 25.8 Å². The standard InChI is InChI=1S/C18H16N2/c1-14-8-3-2-4-9-15(14)16-11-7-12-18(20-16)17-10-5-6-13-19-17/h2-7,9-13,15H,1,8H2. The van der Waals surface area contributed by atoms with E-state index in [9.17, 15) is 0 Å². The van der Waals surface area contributed by atoms with E-state index in [0.29, 0.717) is 0 Å². The zero-order valence-electron chi connectivity index (χ0n) is 11.2. The molecule has 0 N–H and O–H groups in total. The van der Waals surface area contributed by atoms with Crippen molar-refractivity contribution in [3.05, 3.63) is 84.7 Å². The third-order valence-electron chi connectivity index (χ3n) is 3.39. The Kier molecular flexibility index (Phi) is 3.55. The number of nitrogens with zero attached hydrogens (tertiary/aromatic N) is 2. The maximum Gasteiger partial charge on any atom is 0.0889 e. The van der Waals surface area contributed by atoms with Crippen molar-refractivity contribution >= 4 is 0 Å². The van der Waals surface area contributed by atoms with E-state index in [-0.39, 0.29) is 5.92 Å². The van der Waals surface area contributed by atoms with Gasteiger partial charge in [0.15, 0.2) is 0 Å². The second-order valence-electron chi connectivity index (χ2n) is 4.82. The van der Waals surface area contributed by atoms with Crippen molar-refractivity contribution in [2.45, 2.75) is 12.3 Å². The summed E-state index contributed by atoms with van der Waals surface area (Å²) in [5.41, 5.74) is 4.00. The van der Waals surface area contributed by atoms with Crippen LogP contribution < -0.4 is 0 Å². The summed E-state index contributed by atoms with van der Waals surface area (Å²) in [5.74, 6) is 0.175. The Hall–Kier alpha value is -2.48. The molecule has 0 spiro atoms. The summed E-state index contributed by atoms with van der Waals surface area (Å²) < 4.78 is 0. The van der Waals surface area contributed by atoms with Gasteiger partial charge in [-0.1, -0.05) is 48.6 Å². The number of aromatic nitrogens is 2. The Morgan fingerprint density at radius 3 is 2.75 bits per heavy atom. The Labute approximate surface area is 119 Å². The van der Waals surface area contributed by atoms with Gasteiger partial charge in [-0.25, -0.2) is 0 Å². The van der Waals surface area contributed by atoms with Crippen molar-refractivity contribution < 1.29 is 0 Å². The van der Waals surface area contributed by atoms with Crippen LogP contribution in [0.4, 0.5) is 0 Å².